The number of rotatable bonds is 3. The highest BCUT2D eigenvalue weighted by Gasteiger charge is 2.45. The summed E-state index contributed by atoms with van der Waals surface area (Å²) in [6, 6.07) is -0.420. The molecule has 0 radical (unpaired) electrons. The summed E-state index contributed by atoms with van der Waals surface area (Å²) in [5.74, 6) is -0.00375. The van der Waals surface area contributed by atoms with Crippen molar-refractivity contribution in [1.82, 2.24) is 10.2 Å². The summed E-state index contributed by atoms with van der Waals surface area (Å²) >= 11 is 0. The van der Waals surface area contributed by atoms with E-state index >= 15 is 0 Å². The molecule has 0 bridgehead atoms. The minimum absolute atomic E-state index is 0.0494. The molecule has 0 saturated carbocycles. The molecule has 2 amide bonds. The van der Waals surface area contributed by atoms with Gasteiger partial charge < -0.3 is 10.2 Å². The molecule has 0 aliphatic carbocycles. The van der Waals surface area contributed by atoms with Gasteiger partial charge in [0.05, 0.1) is 0 Å². The van der Waals surface area contributed by atoms with Gasteiger partial charge in [-0.05, 0) is 25.2 Å². The fourth-order valence-corrected chi connectivity index (χ4v) is 2.32. The Morgan fingerprint density at radius 2 is 1.67 bits per heavy atom. The molecule has 0 spiro atoms. The van der Waals surface area contributed by atoms with E-state index in [1.165, 1.54) is 0 Å². The summed E-state index contributed by atoms with van der Waals surface area (Å²) in [6.45, 7) is 12.3. The van der Waals surface area contributed by atoms with Crippen molar-refractivity contribution in [1.29, 1.82) is 0 Å². The average molecular weight is 254 g/mol. The summed E-state index contributed by atoms with van der Waals surface area (Å²) in [6.07, 6.45) is 1.72. The Hall–Kier alpha value is -1.06. The Bertz CT molecular complexity index is 340. The lowest BCUT2D eigenvalue weighted by Gasteiger charge is -2.47. The van der Waals surface area contributed by atoms with Crippen molar-refractivity contribution in [3.05, 3.63) is 0 Å². The minimum atomic E-state index is -0.420. The second-order valence-electron chi connectivity index (χ2n) is 6.49. The SMILES string of the molecule is CCC(C)(CC)N1CC(=O)NC(C(C)(C)C)C1=O. The van der Waals surface area contributed by atoms with Crippen LogP contribution in [-0.2, 0) is 9.59 Å². The van der Waals surface area contributed by atoms with Crippen molar-refractivity contribution in [3.63, 3.8) is 0 Å². The van der Waals surface area contributed by atoms with Crippen molar-refractivity contribution in [2.45, 2.75) is 66.0 Å². The van der Waals surface area contributed by atoms with Crippen molar-refractivity contribution in [2.75, 3.05) is 6.54 Å². The first kappa shape index (κ1) is 15.0. The molecule has 1 N–H and O–H groups in total. The monoisotopic (exact) mass is 254 g/mol. The molecule has 104 valence electrons. The molecule has 0 aromatic rings. The Kier molecular flexibility index (Phi) is 4.08. The second kappa shape index (κ2) is 4.90. The molecule has 1 atom stereocenters. The fourth-order valence-electron chi connectivity index (χ4n) is 2.32. The molecule has 4 heteroatoms. The molecular weight excluding hydrogens is 228 g/mol. The number of nitrogens with zero attached hydrogens (tertiary/aromatic N) is 1. The van der Waals surface area contributed by atoms with Gasteiger partial charge in [-0.25, -0.2) is 0 Å². The zero-order valence-electron chi connectivity index (χ0n) is 12.5. The average Bonchev–Trinajstić information content (AvgIpc) is 2.29. The van der Waals surface area contributed by atoms with Crippen LogP contribution in [0.1, 0.15) is 54.4 Å². The van der Waals surface area contributed by atoms with Gasteiger partial charge in [-0.15, -0.1) is 0 Å². The molecule has 1 aliphatic heterocycles. The van der Waals surface area contributed by atoms with Gasteiger partial charge in [-0.1, -0.05) is 34.6 Å². The van der Waals surface area contributed by atoms with Crippen LogP contribution in [0.4, 0.5) is 0 Å². The van der Waals surface area contributed by atoms with Crippen molar-refractivity contribution in [2.24, 2.45) is 5.41 Å². The van der Waals surface area contributed by atoms with Crippen LogP contribution < -0.4 is 5.32 Å². The number of hydrogen-bond donors (Lipinski definition) is 1. The highest BCUT2D eigenvalue weighted by Crippen LogP contribution is 2.30. The minimum Gasteiger partial charge on any atom is -0.342 e. The van der Waals surface area contributed by atoms with Crippen molar-refractivity contribution >= 4 is 11.8 Å². The Labute approximate surface area is 110 Å². The van der Waals surface area contributed by atoms with Gasteiger partial charge in [0.2, 0.25) is 11.8 Å². The lowest BCUT2D eigenvalue weighted by Crippen LogP contribution is -2.66. The van der Waals surface area contributed by atoms with E-state index in [2.05, 4.69) is 26.1 Å². The van der Waals surface area contributed by atoms with Crippen LogP contribution in [-0.4, -0.2) is 34.8 Å². The summed E-state index contributed by atoms with van der Waals surface area (Å²) in [5.41, 5.74) is -0.480. The molecule has 0 aromatic heterocycles. The smallest absolute Gasteiger partial charge is 0.246 e. The topological polar surface area (TPSA) is 49.4 Å². The zero-order valence-corrected chi connectivity index (χ0v) is 12.5. The van der Waals surface area contributed by atoms with E-state index in [9.17, 15) is 9.59 Å². The van der Waals surface area contributed by atoms with E-state index in [0.29, 0.717) is 0 Å². The quantitative estimate of drug-likeness (QED) is 0.836. The van der Waals surface area contributed by atoms with Crippen LogP contribution in [0, 0.1) is 5.41 Å². The molecule has 1 unspecified atom stereocenters. The molecule has 1 fully saturated rings. The first-order chi connectivity index (χ1) is 8.15. The molecule has 18 heavy (non-hydrogen) atoms. The van der Waals surface area contributed by atoms with Gasteiger partial charge in [0.25, 0.3) is 0 Å². The summed E-state index contributed by atoms with van der Waals surface area (Å²) in [5, 5.41) is 2.83. The predicted molar refractivity (Wildman–Crippen MR) is 72.1 cm³/mol. The highest BCUT2D eigenvalue weighted by molar-refractivity contribution is 5.95. The highest BCUT2D eigenvalue weighted by atomic mass is 16.2. The number of nitrogens with one attached hydrogen (secondary N) is 1. The van der Waals surface area contributed by atoms with Gasteiger partial charge in [-0.3, -0.25) is 9.59 Å². The molecule has 4 nitrogen and oxygen atoms in total. The Morgan fingerprint density at radius 1 is 1.17 bits per heavy atom. The molecule has 1 aliphatic rings. The summed E-state index contributed by atoms with van der Waals surface area (Å²) in [7, 11) is 0. The third-order valence-electron chi connectivity index (χ3n) is 4.16. The first-order valence-electron chi connectivity index (χ1n) is 6.76. The van der Waals surface area contributed by atoms with Gasteiger partial charge in [-0.2, -0.15) is 0 Å². The molecular formula is C14H26N2O2. The number of piperazine rings is 1. The van der Waals surface area contributed by atoms with Gasteiger partial charge in [0.1, 0.15) is 12.6 Å². The van der Waals surface area contributed by atoms with Crippen LogP contribution in [0.5, 0.6) is 0 Å². The second-order valence-corrected chi connectivity index (χ2v) is 6.49. The van der Waals surface area contributed by atoms with Gasteiger partial charge >= 0.3 is 0 Å². The Balaban J connectivity index is 3.07. The maximum atomic E-state index is 12.6. The van der Waals surface area contributed by atoms with E-state index in [1.54, 1.807) is 4.90 Å². The lowest BCUT2D eigenvalue weighted by atomic mass is 9.82. The molecule has 1 heterocycles. The standard InChI is InChI=1S/C14H26N2O2/c1-7-14(6,8-2)16-9-10(17)15-11(12(16)18)13(3,4)5/h11H,7-9H2,1-6H3,(H,15,17). The summed E-state index contributed by atoms with van der Waals surface area (Å²) in [4.78, 5) is 26.2. The fraction of sp³-hybridized carbons (Fsp3) is 0.857. The van der Waals surface area contributed by atoms with Crippen molar-refractivity contribution < 1.29 is 9.59 Å². The van der Waals surface area contributed by atoms with Crippen LogP contribution in [0.2, 0.25) is 0 Å². The number of carbonyl (C=O) groups is 2. The van der Waals surface area contributed by atoms with Crippen LogP contribution in [0.15, 0.2) is 0 Å². The largest absolute Gasteiger partial charge is 0.342 e. The maximum absolute atomic E-state index is 12.6. The van der Waals surface area contributed by atoms with Crippen molar-refractivity contribution in [3.8, 4) is 0 Å². The normalized spacial score (nSPS) is 22.1. The van der Waals surface area contributed by atoms with Gasteiger partial charge in [0, 0.05) is 5.54 Å². The van der Waals surface area contributed by atoms with Gasteiger partial charge in [0.15, 0.2) is 0 Å². The summed E-state index contributed by atoms with van der Waals surface area (Å²) < 4.78 is 0. The first-order valence-corrected chi connectivity index (χ1v) is 6.76. The molecule has 0 aromatic carbocycles. The van der Waals surface area contributed by atoms with E-state index in [1.807, 2.05) is 20.8 Å². The van der Waals surface area contributed by atoms with E-state index < -0.39 is 6.04 Å². The number of carbonyl (C=O) groups excluding carboxylic acids is 2. The molecule has 1 saturated heterocycles. The van der Waals surface area contributed by atoms with Crippen LogP contribution in [0.3, 0.4) is 0 Å². The molecule has 1 rings (SSSR count). The van der Waals surface area contributed by atoms with E-state index in [4.69, 9.17) is 0 Å². The number of hydrogen-bond acceptors (Lipinski definition) is 2. The number of amides is 2. The predicted octanol–water partition coefficient (Wildman–Crippen LogP) is 1.94. The van der Waals surface area contributed by atoms with E-state index in [0.717, 1.165) is 12.8 Å². The maximum Gasteiger partial charge on any atom is 0.246 e. The zero-order chi connectivity index (χ0) is 14.1. The van der Waals surface area contributed by atoms with Crippen LogP contribution >= 0.6 is 0 Å². The third kappa shape index (κ3) is 2.68. The van der Waals surface area contributed by atoms with Crippen LogP contribution in [0.25, 0.3) is 0 Å². The van der Waals surface area contributed by atoms with E-state index in [-0.39, 0.29) is 29.3 Å². The Morgan fingerprint density at radius 3 is 2.06 bits per heavy atom. The lowest BCUT2D eigenvalue weighted by molar-refractivity contribution is -0.153. The third-order valence-corrected chi connectivity index (χ3v) is 4.16.